The quantitative estimate of drug-likeness (QED) is 0.387. The van der Waals surface area contributed by atoms with Crippen LogP contribution in [0.1, 0.15) is 22.5 Å². The predicted octanol–water partition coefficient (Wildman–Crippen LogP) is 5.99. The van der Waals surface area contributed by atoms with Crippen LogP contribution in [0.4, 0.5) is 0 Å². The van der Waals surface area contributed by atoms with E-state index in [1.54, 1.807) is 0 Å². The average molecular weight is 374 g/mol. The van der Waals surface area contributed by atoms with Crippen LogP contribution in [-0.2, 0) is 12.8 Å². The van der Waals surface area contributed by atoms with E-state index in [1.807, 2.05) is 24.3 Å². The lowest BCUT2D eigenvalue weighted by Crippen LogP contribution is -2.00. The largest absolute Gasteiger partial charge is 0.478 e. The summed E-state index contributed by atoms with van der Waals surface area (Å²) < 4.78 is 5.48. The number of alkyl halides is 1. The molecule has 3 heteroatoms. The van der Waals surface area contributed by atoms with Crippen molar-refractivity contribution in [1.29, 1.82) is 0 Å². The molecule has 0 saturated heterocycles. The molecule has 0 N–H and O–H groups in total. The molecule has 2 nitrogen and oxygen atoms in total. The van der Waals surface area contributed by atoms with E-state index in [0.29, 0.717) is 0 Å². The first-order chi connectivity index (χ1) is 13.3. The smallest absolute Gasteiger partial charge is 0.162 e. The lowest BCUT2D eigenvalue weighted by molar-refractivity contribution is 0.388. The first-order valence-corrected chi connectivity index (χ1v) is 9.54. The topological polar surface area (TPSA) is 22.1 Å². The molecule has 1 aromatic heterocycles. The van der Waals surface area contributed by atoms with Crippen molar-refractivity contribution in [3.05, 3.63) is 107 Å². The maximum atomic E-state index is 5.73. The summed E-state index contributed by atoms with van der Waals surface area (Å²) in [6, 6.07) is 29.3. The fourth-order valence-electron chi connectivity index (χ4n) is 3.33. The van der Waals surface area contributed by atoms with Gasteiger partial charge in [-0.05, 0) is 34.7 Å². The number of benzene rings is 3. The highest BCUT2D eigenvalue weighted by Gasteiger charge is 2.09. The fourth-order valence-corrected chi connectivity index (χ4v) is 3.45. The van der Waals surface area contributed by atoms with Gasteiger partial charge in [-0.2, -0.15) is 0 Å². The van der Waals surface area contributed by atoms with Crippen LogP contribution in [-0.4, -0.2) is 11.1 Å². The molecule has 0 unspecified atom stereocenters. The summed E-state index contributed by atoms with van der Waals surface area (Å²) in [6.07, 6.45) is 1.60. The number of fused-ring (bicyclic) bond motifs is 1. The Morgan fingerprint density at radius 1 is 0.741 bits per heavy atom. The Morgan fingerprint density at radius 2 is 1.41 bits per heavy atom. The van der Waals surface area contributed by atoms with Crippen LogP contribution in [0.3, 0.4) is 0 Å². The monoisotopic (exact) mass is 373 g/mol. The Hall–Kier alpha value is -2.84. The normalized spacial score (nSPS) is 10.9. The molecule has 0 fully saturated rings. The molecule has 4 aromatic rings. The molecule has 27 heavy (non-hydrogen) atoms. The maximum absolute atomic E-state index is 5.73. The standard InChI is InChI=1S/C24H20ClNO/c25-17-27-22-12-11-20-15-21(13-18-7-3-1-4-8-18)26-24(23(20)16-22)14-19-9-5-2-6-10-19/h1-12,15-16H,13-14,17H2. The number of nitrogens with zero attached hydrogens (tertiary/aromatic N) is 1. The van der Waals surface area contributed by atoms with E-state index >= 15 is 0 Å². The van der Waals surface area contributed by atoms with Crippen molar-refractivity contribution in [3.63, 3.8) is 0 Å². The van der Waals surface area contributed by atoms with E-state index in [-0.39, 0.29) is 6.07 Å². The van der Waals surface area contributed by atoms with Crippen LogP contribution >= 0.6 is 11.6 Å². The first kappa shape index (κ1) is 17.6. The van der Waals surface area contributed by atoms with Crippen LogP contribution < -0.4 is 4.74 Å². The number of pyridine rings is 1. The highest BCUT2D eigenvalue weighted by Crippen LogP contribution is 2.27. The van der Waals surface area contributed by atoms with Crippen LogP contribution in [0.25, 0.3) is 10.8 Å². The predicted molar refractivity (Wildman–Crippen MR) is 112 cm³/mol. The van der Waals surface area contributed by atoms with Gasteiger partial charge in [0.2, 0.25) is 0 Å². The first-order valence-electron chi connectivity index (χ1n) is 9.01. The van der Waals surface area contributed by atoms with E-state index in [2.05, 4.69) is 60.7 Å². The van der Waals surface area contributed by atoms with Crippen LogP contribution in [0.2, 0.25) is 0 Å². The molecule has 1 heterocycles. The zero-order valence-corrected chi connectivity index (χ0v) is 15.7. The third kappa shape index (κ3) is 4.29. The Kier molecular flexibility index (Phi) is 5.36. The van der Waals surface area contributed by atoms with E-state index < -0.39 is 0 Å². The van der Waals surface area contributed by atoms with Gasteiger partial charge < -0.3 is 4.74 Å². The lowest BCUT2D eigenvalue weighted by Gasteiger charge is -2.12. The average Bonchev–Trinajstić information content (AvgIpc) is 2.70. The van der Waals surface area contributed by atoms with Crippen molar-refractivity contribution >= 4 is 22.4 Å². The van der Waals surface area contributed by atoms with Gasteiger partial charge >= 0.3 is 0 Å². The molecular weight excluding hydrogens is 354 g/mol. The van der Waals surface area contributed by atoms with Gasteiger partial charge in [-0.3, -0.25) is 4.98 Å². The summed E-state index contributed by atoms with van der Waals surface area (Å²) >= 11 is 5.73. The third-order valence-corrected chi connectivity index (χ3v) is 4.71. The summed E-state index contributed by atoms with van der Waals surface area (Å²) in [5, 5.41) is 2.28. The number of aromatic nitrogens is 1. The highest BCUT2D eigenvalue weighted by atomic mass is 35.5. The minimum Gasteiger partial charge on any atom is -0.478 e. The summed E-state index contributed by atoms with van der Waals surface area (Å²) in [4.78, 5) is 5.00. The van der Waals surface area contributed by atoms with Gasteiger partial charge in [-0.25, -0.2) is 0 Å². The van der Waals surface area contributed by atoms with Crippen molar-refractivity contribution < 1.29 is 4.74 Å². The van der Waals surface area contributed by atoms with Crippen molar-refractivity contribution in [1.82, 2.24) is 4.98 Å². The minimum absolute atomic E-state index is 0.138. The zero-order valence-electron chi connectivity index (χ0n) is 14.9. The molecular formula is C24H20ClNO. The number of hydrogen-bond donors (Lipinski definition) is 0. The number of halogens is 1. The molecule has 0 aliphatic heterocycles. The molecule has 4 rings (SSSR count). The number of hydrogen-bond acceptors (Lipinski definition) is 2. The molecule has 0 spiro atoms. The maximum Gasteiger partial charge on any atom is 0.162 e. The zero-order chi connectivity index (χ0) is 18.5. The molecule has 0 aliphatic rings. The Balaban J connectivity index is 1.78. The van der Waals surface area contributed by atoms with Gasteiger partial charge in [-0.1, -0.05) is 78.3 Å². The lowest BCUT2D eigenvalue weighted by atomic mass is 10.0. The van der Waals surface area contributed by atoms with E-state index in [0.717, 1.165) is 35.4 Å². The van der Waals surface area contributed by atoms with Gasteiger partial charge in [0.05, 0.1) is 5.69 Å². The summed E-state index contributed by atoms with van der Waals surface area (Å²) in [5.74, 6) is 0.768. The van der Waals surface area contributed by atoms with Gasteiger partial charge in [0, 0.05) is 23.9 Å². The van der Waals surface area contributed by atoms with Crippen molar-refractivity contribution in [2.75, 3.05) is 6.07 Å². The second-order valence-corrected chi connectivity index (χ2v) is 6.74. The van der Waals surface area contributed by atoms with E-state index in [1.165, 1.54) is 16.5 Å². The third-order valence-electron chi connectivity index (χ3n) is 4.60. The second-order valence-electron chi connectivity index (χ2n) is 6.52. The SMILES string of the molecule is ClCOc1ccc2cc(Cc3ccccc3)nc(Cc3ccccc3)c2c1. The molecule has 3 aromatic carbocycles. The van der Waals surface area contributed by atoms with Crippen molar-refractivity contribution in [3.8, 4) is 5.75 Å². The minimum atomic E-state index is 0.138. The number of rotatable bonds is 6. The molecule has 0 bridgehead atoms. The fraction of sp³-hybridized carbons (Fsp3) is 0.125. The molecule has 0 atom stereocenters. The van der Waals surface area contributed by atoms with Crippen LogP contribution in [0.5, 0.6) is 5.75 Å². The van der Waals surface area contributed by atoms with Gasteiger partial charge in [-0.15, -0.1) is 0 Å². The van der Waals surface area contributed by atoms with E-state index in [4.69, 9.17) is 21.3 Å². The summed E-state index contributed by atoms with van der Waals surface area (Å²) in [7, 11) is 0. The second kappa shape index (κ2) is 8.24. The Labute approximate surface area is 164 Å². The van der Waals surface area contributed by atoms with Gasteiger partial charge in [0.1, 0.15) is 5.75 Å². The molecule has 0 amide bonds. The molecule has 0 aliphatic carbocycles. The van der Waals surface area contributed by atoms with Gasteiger partial charge in [0.15, 0.2) is 6.07 Å². The number of ether oxygens (including phenoxy) is 1. The summed E-state index contributed by atoms with van der Waals surface area (Å²) in [6.45, 7) is 0. The van der Waals surface area contributed by atoms with Gasteiger partial charge in [0.25, 0.3) is 0 Å². The molecule has 134 valence electrons. The van der Waals surface area contributed by atoms with Crippen LogP contribution in [0.15, 0.2) is 84.9 Å². The van der Waals surface area contributed by atoms with E-state index in [9.17, 15) is 0 Å². The molecule has 0 saturated carbocycles. The van der Waals surface area contributed by atoms with Crippen molar-refractivity contribution in [2.24, 2.45) is 0 Å². The highest BCUT2D eigenvalue weighted by molar-refractivity contribution is 6.17. The Morgan fingerprint density at radius 3 is 2.07 bits per heavy atom. The summed E-state index contributed by atoms with van der Waals surface area (Å²) in [5.41, 5.74) is 4.64. The van der Waals surface area contributed by atoms with Crippen molar-refractivity contribution in [2.45, 2.75) is 12.8 Å². The van der Waals surface area contributed by atoms with Crippen LogP contribution in [0, 0.1) is 0 Å². The Bertz CT molecular complexity index is 1030. The molecule has 0 radical (unpaired) electrons.